The Morgan fingerprint density at radius 1 is 1.33 bits per heavy atom. The van der Waals surface area contributed by atoms with E-state index in [0.717, 1.165) is 22.3 Å². The Kier molecular flexibility index (Phi) is 5.30. The summed E-state index contributed by atoms with van der Waals surface area (Å²) in [5, 5.41) is 17.8. The number of aliphatic hydroxyl groups excluding tert-OH is 1. The number of ether oxygens (including phenoxy) is 1. The van der Waals surface area contributed by atoms with Crippen molar-refractivity contribution in [3.63, 3.8) is 0 Å². The number of aromatic nitrogens is 3. The molecule has 4 rings (SSSR count). The van der Waals surface area contributed by atoms with E-state index in [9.17, 15) is 14.7 Å². The molecule has 0 saturated carbocycles. The van der Waals surface area contributed by atoms with Crippen LogP contribution in [0.5, 0.6) is 0 Å². The van der Waals surface area contributed by atoms with Gasteiger partial charge in [0.15, 0.2) is 5.82 Å². The van der Waals surface area contributed by atoms with Crippen LogP contribution in [0.4, 0.5) is 0 Å². The number of amides is 1. The third kappa shape index (κ3) is 3.80. The molecule has 0 unspecified atom stereocenters. The summed E-state index contributed by atoms with van der Waals surface area (Å²) in [5.41, 5.74) is 9.54. The van der Waals surface area contributed by atoms with Gasteiger partial charge in [-0.05, 0) is 35.7 Å². The molecule has 9 nitrogen and oxygen atoms in total. The van der Waals surface area contributed by atoms with E-state index >= 15 is 0 Å². The number of carbonyl (C=O) groups is 2. The summed E-state index contributed by atoms with van der Waals surface area (Å²) in [6.45, 7) is 3.00. The maximum absolute atomic E-state index is 11.6. The summed E-state index contributed by atoms with van der Waals surface area (Å²) in [6.07, 6.45) is 3.90. The normalized spacial score (nSPS) is 13.7. The highest BCUT2D eigenvalue weighted by atomic mass is 16.5. The van der Waals surface area contributed by atoms with Gasteiger partial charge in [0.1, 0.15) is 6.61 Å². The molecular weight excluding hydrogens is 386 g/mol. The monoisotopic (exact) mass is 407 g/mol. The number of hydrogen-bond donors (Lipinski definition) is 3. The number of nitrogens with one attached hydrogen (secondary N) is 1. The van der Waals surface area contributed by atoms with E-state index in [4.69, 9.17) is 10.5 Å². The summed E-state index contributed by atoms with van der Waals surface area (Å²) in [4.78, 5) is 27.1. The standard InChI is InChI=1S/C21H21N5O4/c1-12-15(3-4-16-17(12)11-30-21(16)29)18(27)9-23-6-13-2-5-19(24-7-13)26-10-14(8-25-26)20(22)28/h2-5,7-8,10,18,23,27H,6,9,11H2,1H3,(H2,22,28)/t18-/m0/s1. The van der Waals surface area contributed by atoms with Gasteiger partial charge >= 0.3 is 5.97 Å². The lowest BCUT2D eigenvalue weighted by Gasteiger charge is -2.16. The number of aliphatic hydroxyl groups is 1. The van der Waals surface area contributed by atoms with Crippen molar-refractivity contribution in [3.8, 4) is 5.82 Å². The van der Waals surface area contributed by atoms with Gasteiger partial charge in [-0.3, -0.25) is 4.79 Å². The van der Waals surface area contributed by atoms with E-state index in [2.05, 4.69) is 15.4 Å². The summed E-state index contributed by atoms with van der Waals surface area (Å²) in [6, 6.07) is 7.15. The lowest BCUT2D eigenvalue weighted by molar-refractivity contribution is 0.0534. The molecule has 0 bridgehead atoms. The molecule has 1 atom stereocenters. The summed E-state index contributed by atoms with van der Waals surface area (Å²) in [5.74, 6) is -0.292. The number of primary amides is 1. The van der Waals surface area contributed by atoms with E-state index in [0.29, 0.717) is 30.0 Å². The topological polar surface area (TPSA) is 132 Å². The first-order valence-electron chi connectivity index (χ1n) is 9.42. The number of fused-ring (bicyclic) bond motifs is 1. The fourth-order valence-corrected chi connectivity index (χ4v) is 3.42. The van der Waals surface area contributed by atoms with Crippen LogP contribution in [0, 0.1) is 6.92 Å². The third-order valence-corrected chi connectivity index (χ3v) is 5.14. The minimum Gasteiger partial charge on any atom is -0.457 e. The van der Waals surface area contributed by atoms with Crippen LogP contribution in [0.15, 0.2) is 42.9 Å². The Hall–Kier alpha value is -3.56. The Balaban J connectivity index is 1.35. The smallest absolute Gasteiger partial charge is 0.338 e. The molecular formula is C21H21N5O4. The van der Waals surface area contributed by atoms with Crippen molar-refractivity contribution in [3.05, 3.63) is 76.2 Å². The Morgan fingerprint density at radius 2 is 2.17 bits per heavy atom. The van der Waals surface area contributed by atoms with Crippen LogP contribution in [0.2, 0.25) is 0 Å². The minimum absolute atomic E-state index is 0.253. The predicted molar refractivity (Wildman–Crippen MR) is 107 cm³/mol. The van der Waals surface area contributed by atoms with Crippen molar-refractivity contribution < 1.29 is 19.4 Å². The highest BCUT2D eigenvalue weighted by molar-refractivity contribution is 5.94. The van der Waals surface area contributed by atoms with Crippen molar-refractivity contribution in [2.45, 2.75) is 26.2 Å². The number of carbonyl (C=O) groups excluding carboxylic acids is 2. The molecule has 154 valence electrons. The Bertz CT molecular complexity index is 1110. The van der Waals surface area contributed by atoms with Crippen molar-refractivity contribution in [2.24, 2.45) is 5.73 Å². The molecule has 0 saturated heterocycles. The van der Waals surface area contributed by atoms with Gasteiger partial charge in [-0.2, -0.15) is 5.10 Å². The van der Waals surface area contributed by atoms with Gasteiger partial charge in [-0.25, -0.2) is 14.5 Å². The fourth-order valence-electron chi connectivity index (χ4n) is 3.42. The zero-order valence-corrected chi connectivity index (χ0v) is 16.3. The fraction of sp³-hybridized carbons (Fsp3) is 0.238. The van der Waals surface area contributed by atoms with Crippen LogP contribution in [0.3, 0.4) is 0 Å². The van der Waals surface area contributed by atoms with E-state index in [-0.39, 0.29) is 12.6 Å². The molecule has 2 aromatic heterocycles. The molecule has 0 aliphatic carbocycles. The van der Waals surface area contributed by atoms with Crippen LogP contribution in [-0.2, 0) is 17.9 Å². The molecule has 0 spiro atoms. The van der Waals surface area contributed by atoms with Gasteiger partial charge in [-0.1, -0.05) is 12.1 Å². The highest BCUT2D eigenvalue weighted by Gasteiger charge is 2.25. The largest absolute Gasteiger partial charge is 0.457 e. The summed E-state index contributed by atoms with van der Waals surface area (Å²) < 4.78 is 6.54. The lowest BCUT2D eigenvalue weighted by Crippen LogP contribution is -2.22. The van der Waals surface area contributed by atoms with Crippen molar-refractivity contribution in [2.75, 3.05) is 6.54 Å². The van der Waals surface area contributed by atoms with E-state index < -0.39 is 12.0 Å². The second kappa shape index (κ2) is 8.05. The molecule has 9 heteroatoms. The number of esters is 1. The molecule has 3 aromatic rings. The van der Waals surface area contributed by atoms with Crippen molar-refractivity contribution >= 4 is 11.9 Å². The quantitative estimate of drug-likeness (QED) is 0.501. The zero-order chi connectivity index (χ0) is 21.3. The third-order valence-electron chi connectivity index (χ3n) is 5.14. The summed E-state index contributed by atoms with van der Waals surface area (Å²) in [7, 11) is 0. The Morgan fingerprint density at radius 3 is 2.87 bits per heavy atom. The minimum atomic E-state index is -0.713. The van der Waals surface area contributed by atoms with Gasteiger partial charge in [0, 0.05) is 31.0 Å². The maximum Gasteiger partial charge on any atom is 0.338 e. The van der Waals surface area contributed by atoms with Crippen molar-refractivity contribution in [1.82, 2.24) is 20.1 Å². The van der Waals surface area contributed by atoms with Crippen LogP contribution < -0.4 is 11.1 Å². The molecule has 3 heterocycles. The molecule has 0 radical (unpaired) electrons. The average molecular weight is 407 g/mol. The number of hydrogen-bond acceptors (Lipinski definition) is 7. The van der Waals surface area contributed by atoms with Gasteiger partial charge in [0.25, 0.3) is 5.91 Å². The number of nitrogens with two attached hydrogens (primary N) is 1. The van der Waals surface area contributed by atoms with E-state index in [1.807, 2.05) is 13.0 Å². The van der Waals surface area contributed by atoms with Crippen molar-refractivity contribution in [1.29, 1.82) is 0 Å². The Labute approximate surface area is 172 Å². The molecule has 1 aliphatic heterocycles. The molecule has 0 fully saturated rings. The van der Waals surface area contributed by atoms with Gasteiger partial charge in [0.05, 0.1) is 23.4 Å². The molecule has 4 N–H and O–H groups in total. The second-order valence-electron chi connectivity index (χ2n) is 7.09. The molecule has 1 aliphatic rings. The number of nitrogens with zero attached hydrogens (tertiary/aromatic N) is 3. The lowest BCUT2D eigenvalue weighted by atomic mass is 9.95. The maximum atomic E-state index is 11.6. The molecule has 1 amide bonds. The number of pyridine rings is 1. The first-order chi connectivity index (χ1) is 14.4. The van der Waals surface area contributed by atoms with Gasteiger partial charge in [-0.15, -0.1) is 0 Å². The number of benzene rings is 1. The SMILES string of the molecule is Cc1c([C@@H](O)CNCc2ccc(-n3cc(C(N)=O)cn3)nc2)ccc2c1COC2=O. The predicted octanol–water partition coefficient (Wildman–Crippen LogP) is 1.17. The van der Waals surface area contributed by atoms with Crippen LogP contribution >= 0.6 is 0 Å². The van der Waals surface area contributed by atoms with Gasteiger partial charge < -0.3 is 20.9 Å². The van der Waals surface area contributed by atoms with Crippen LogP contribution in [-0.4, -0.2) is 38.3 Å². The highest BCUT2D eigenvalue weighted by Crippen LogP contribution is 2.28. The van der Waals surface area contributed by atoms with Gasteiger partial charge in [0.2, 0.25) is 0 Å². The second-order valence-corrected chi connectivity index (χ2v) is 7.09. The molecule has 30 heavy (non-hydrogen) atoms. The summed E-state index contributed by atoms with van der Waals surface area (Å²) >= 11 is 0. The average Bonchev–Trinajstić information content (AvgIpc) is 3.37. The van der Waals surface area contributed by atoms with Crippen LogP contribution in [0.1, 0.15) is 49.1 Å². The number of rotatable bonds is 7. The number of cyclic esters (lactones) is 1. The molecule has 1 aromatic carbocycles. The zero-order valence-electron chi connectivity index (χ0n) is 16.3. The van der Waals surface area contributed by atoms with E-state index in [1.165, 1.54) is 17.1 Å². The first-order valence-corrected chi connectivity index (χ1v) is 9.42. The van der Waals surface area contributed by atoms with Crippen LogP contribution in [0.25, 0.3) is 5.82 Å². The first kappa shape index (κ1) is 19.7. The van der Waals surface area contributed by atoms with E-state index in [1.54, 1.807) is 24.4 Å².